The minimum atomic E-state index is -0.840. The Kier molecular flexibility index (Phi) is 57.0. The van der Waals surface area contributed by atoms with Crippen molar-refractivity contribution < 1.29 is 24.5 Å². The topological polar surface area (TPSA) is 95.9 Å². The SMILES string of the molecule is CCCC/C=C\C/C=C\CCCCCCCC(=O)OCCCCCCCCCCCCCCCCCCCCCCCCCCCCCCC(=O)NC(CO)C(O)/C=C/CCCCCCCCCC. The quantitative estimate of drug-likeness (QED) is 0.0321. The Morgan fingerprint density at radius 1 is 0.406 bits per heavy atom. The monoisotopic (exact) mass is 970 g/mol. The van der Waals surface area contributed by atoms with Crippen molar-refractivity contribution in [2.24, 2.45) is 0 Å². The Morgan fingerprint density at radius 3 is 1.14 bits per heavy atom. The van der Waals surface area contributed by atoms with Crippen molar-refractivity contribution in [2.45, 2.75) is 341 Å². The molecule has 1 amide bonds. The van der Waals surface area contributed by atoms with Gasteiger partial charge in [0, 0.05) is 12.8 Å². The van der Waals surface area contributed by atoms with E-state index in [1.165, 1.54) is 250 Å². The summed E-state index contributed by atoms with van der Waals surface area (Å²) in [5.74, 6) is -0.0628. The molecule has 2 atom stereocenters. The Morgan fingerprint density at radius 2 is 0.739 bits per heavy atom. The maximum Gasteiger partial charge on any atom is 0.305 e. The summed E-state index contributed by atoms with van der Waals surface area (Å²) in [5.41, 5.74) is 0. The van der Waals surface area contributed by atoms with E-state index in [0.29, 0.717) is 19.4 Å². The number of carbonyl (C=O) groups excluding carboxylic acids is 2. The van der Waals surface area contributed by atoms with Gasteiger partial charge in [-0.2, -0.15) is 0 Å². The number of aliphatic hydroxyl groups is 2. The van der Waals surface area contributed by atoms with Crippen LogP contribution in [-0.4, -0.2) is 47.4 Å². The number of aliphatic hydroxyl groups excluding tert-OH is 2. The molecule has 0 saturated carbocycles. The molecular formula is C63H119NO5. The van der Waals surface area contributed by atoms with Crippen LogP contribution in [0, 0.1) is 0 Å². The minimum Gasteiger partial charge on any atom is -0.466 e. The fourth-order valence-corrected chi connectivity index (χ4v) is 9.42. The second-order valence-corrected chi connectivity index (χ2v) is 21.0. The fraction of sp³-hybridized carbons (Fsp3) is 0.873. The van der Waals surface area contributed by atoms with E-state index in [9.17, 15) is 19.8 Å². The summed E-state index contributed by atoms with van der Waals surface area (Å²) in [6.45, 7) is 4.85. The Bertz CT molecular complexity index is 1120. The van der Waals surface area contributed by atoms with Gasteiger partial charge in [-0.3, -0.25) is 9.59 Å². The summed E-state index contributed by atoms with van der Waals surface area (Å²) < 4.78 is 5.48. The summed E-state index contributed by atoms with van der Waals surface area (Å²) >= 11 is 0. The second kappa shape index (κ2) is 58.6. The number of esters is 1. The van der Waals surface area contributed by atoms with Gasteiger partial charge in [-0.25, -0.2) is 0 Å². The molecule has 6 nitrogen and oxygen atoms in total. The third-order valence-electron chi connectivity index (χ3n) is 14.2. The summed E-state index contributed by atoms with van der Waals surface area (Å²) in [7, 11) is 0. The largest absolute Gasteiger partial charge is 0.466 e. The van der Waals surface area contributed by atoms with Crippen LogP contribution in [-0.2, 0) is 14.3 Å². The zero-order valence-corrected chi connectivity index (χ0v) is 46.3. The first-order valence-corrected chi connectivity index (χ1v) is 30.8. The van der Waals surface area contributed by atoms with Gasteiger partial charge in [-0.1, -0.05) is 294 Å². The molecule has 0 aromatic heterocycles. The molecule has 0 aliphatic heterocycles. The highest BCUT2D eigenvalue weighted by molar-refractivity contribution is 5.76. The fourth-order valence-electron chi connectivity index (χ4n) is 9.42. The van der Waals surface area contributed by atoms with Crippen LogP contribution >= 0.6 is 0 Å². The van der Waals surface area contributed by atoms with Crippen molar-refractivity contribution in [1.82, 2.24) is 5.32 Å². The van der Waals surface area contributed by atoms with E-state index in [1.807, 2.05) is 6.08 Å². The maximum absolute atomic E-state index is 12.4. The lowest BCUT2D eigenvalue weighted by molar-refractivity contribution is -0.143. The molecule has 0 rings (SSSR count). The van der Waals surface area contributed by atoms with Gasteiger partial charge in [-0.15, -0.1) is 0 Å². The van der Waals surface area contributed by atoms with Crippen LogP contribution in [0.2, 0.25) is 0 Å². The number of amides is 1. The first kappa shape index (κ1) is 67.1. The van der Waals surface area contributed by atoms with E-state index in [1.54, 1.807) is 6.08 Å². The Balaban J connectivity index is 3.33. The number of rotatable bonds is 57. The normalized spacial score (nSPS) is 12.8. The zero-order chi connectivity index (χ0) is 50.0. The van der Waals surface area contributed by atoms with Crippen LogP contribution in [0.3, 0.4) is 0 Å². The van der Waals surface area contributed by atoms with Crippen LogP contribution < -0.4 is 5.32 Å². The molecule has 3 N–H and O–H groups in total. The second-order valence-electron chi connectivity index (χ2n) is 21.0. The number of carbonyl (C=O) groups is 2. The van der Waals surface area contributed by atoms with E-state index >= 15 is 0 Å². The third-order valence-corrected chi connectivity index (χ3v) is 14.2. The number of hydrogen-bond acceptors (Lipinski definition) is 5. The van der Waals surface area contributed by atoms with Gasteiger partial charge in [0.05, 0.1) is 25.4 Å². The van der Waals surface area contributed by atoms with Gasteiger partial charge in [0.1, 0.15) is 0 Å². The van der Waals surface area contributed by atoms with E-state index in [4.69, 9.17) is 4.74 Å². The molecule has 2 unspecified atom stereocenters. The summed E-state index contributed by atoms with van der Waals surface area (Å²) in [6.07, 6.45) is 73.4. The van der Waals surface area contributed by atoms with Crippen molar-refractivity contribution >= 4 is 11.9 Å². The van der Waals surface area contributed by atoms with Crippen molar-refractivity contribution in [3.8, 4) is 0 Å². The van der Waals surface area contributed by atoms with E-state index in [2.05, 4.69) is 43.5 Å². The van der Waals surface area contributed by atoms with Crippen molar-refractivity contribution in [3.63, 3.8) is 0 Å². The van der Waals surface area contributed by atoms with Crippen molar-refractivity contribution in [1.29, 1.82) is 0 Å². The lowest BCUT2D eigenvalue weighted by Gasteiger charge is -2.20. The number of unbranched alkanes of at least 4 members (excludes halogenated alkanes) is 42. The summed E-state index contributed by atoms with van der Waals surface area (Å²) in [5, 5.41) is 23.0. The minimum absolute atomic E-state index is 0.00352. The van der Waals surface area contributed by atoms with Crippen LogP contribution in [0.4, 0.5) is 0 Å². The number of nitrogens with one attached hydrogen (secondary N) is 1. The van der Waals surface area contributed by atoms with E-state index < -0.39 is 12.1 Å². The average molecular weight is 971 g/mol. The summed E-state index contributed by atoms with van der Waals surface area (Å²) in [6, 6.07) is -0.623. The zero-order valence-electron chi connectivity index (χ0n) is 46.3. The lowest BCUT2D eigenvalue weighted by Crippen LogP contribution is -2.45. The molecule has 0 aliphatic rings. The molecule has 0 aromatic carbocycles. The van der Waals surface area contributed by atoms with Gasteiger partial charge in [0.2, 0.25) is 5.91 Å². The summed E-state index contributed by atoms with van der Waals surface area (Å²) in [4.78, 5) is 24.4. The van der Waals surface area contributed by atoms with Gasteiger partial charge in [-0.05, 0) is 57.8 Å². The molecule has 0 heterocycles. The van der Waals surface area contributed by atoms with Gasteiger partial charge in [0.25, 0.3) is 0 Å². The molecule has 69 heavy (non-hydrogen) atoms. The van der Waals surface area contributed by atoms with E-state index in [0.717, 1.165) is 51.4 Å². The molecule has 6 heteroatoms. The van der Waals surface area contributed by atoms with Gasteiger partial charge in [0.15, 0.2) is 0 Å². The molecule has 0 bridgehead atoms. The number of ether oxygens (including phenoxy) is 1. The van der Waals surface area contributed by atoms with Crippen LogP contribution in [0.15, 0.2) is 36.5 Å². The van der Waals surface area contributed by atoms with Crippen molar-refractivity contribution in [2.75, 3.05) is 13.2 Å². The van der Waals surface area contributed by atoms with Crippen molar-refractivity contribution in [3.05, 3.63) is 36.5 Å². The predicted octanol–water partition coefficient (Wildman–Crippen LogP) is 19.2. The molecular weight excluding hydrogens is 851 g/mol. The maximum atomic E-state index is 12.4. The Labute approximate surface area is 430 Å². The highest BCUT2D eigenvalue weighted by atomic mass is 16.5. The van der Waals surface area contributed by atoms with Gasteiger partial charge < -0.3 is 20.3 Å². The highest BCUT2D eigenvalue weighted by Crippen LogP contribution is 2.18. The number of hydrogen-bond donors (Lipinski definition) is 3. The third kappa shape index (κ3) is 55.2. The van der Waals surface area contributed by atoms with E-state index in [-0.39, 0.29) is 18.5 Å². The molecule has 0 spiro atoms. The molecule has 0 radical (unpaired) electrons. The lowest BCUT2D eigenvalue weighted by atomic mass is 10.0. The standard InChI is InChI=1S/C63H119NO5/c1-3-5-7-9-11-13-15-16-34-37-41-45-49-53-57-63(68)69-58-54-50-46-42-38-35-32-30-28-26-24-22-20-18-17-19-21-23-25-27-29-31-33-36-40-44-48-52-56-62(67)64-60(59-65)61(66)55-51-47-43-39-14-12-10-8-6-4-2/h9,11,15-16,51,55,60-61,65-66H,3-8,10,12-14,17-50,52-54,56-59H2,1-2H3,(H,64,67)/b11-9-,16-15-,55-51+. The van der Waals surface area contributed by atoms with Gasteiger partial charge >= 0.3 is 5.97 Å². The predicted molar refractivity (Wildman–Crippen MR) is 301 cm³/mol. The molecule has 0 aromatic rings. The smallest absolute Gasteiger partial charge is 0.305 e. The molecule has 406 valence electrons. The Hall–Kier alpha value is -1.92. The average Bonchev–Trinajstić information content (AvgIpc) is 3.35. The first-order chi connectivity index (χ1) is 34.0. The molecule has 0 fully saturated rings. The van der Waals surface area contributed by atoms with Crippen LogP contribution in [0.25, 0.3) is 0 Å². The highest BCUT2D eigenvalue weighted by Gasteiger charge is 2.18. The van der Waals surface area contributed by atoms with Crippen LogP contribution in [0.5, 0.6) is 0 Å². The first-order valence-electron chi connectivity index (χ1n) is 30.8. The molecule has 0 saturated heterocycles. The molecule has 0 aliphatic carbocycles. The number of allylic oxidation sites excluding steroid dienone is 5. The van der Waals surface area contributed by atoms with Crippen LogP contribution in [0.1, 0.15) is 328 Å².